The molecular formula is C13H18N5O2+. The van der Waals surface area contributed by atoms with E-state index in [0.29, 0.717) is 5.84 Å². The summed E-state index contributed by atoms with van der Waals surface area (Å²) >= 11 is 0. The van der Waals surface area contributed by atoms with Crippen molar-refractivity contribution in [2.45, 2.75) is 13.0 Å². The van der Waals surface area contributed by atoms with Crippen LogP contribution in [-0.2, 0) is 4.79 Å². The van der Waals surface area contributed by atoms with Crippen LogP contribution in [0.4, 0.5) is 4.79 Å². The number of rotatable bonds is 2. The fourth-order valence-corrected chi connectivity index (χ4v) is 2.87. The van der Waals surface area contributed by atoms with E-state index in [9.17, 15) is 9.59 Å². The topological polar surface area (TPSA) is 59.2 Å². The number of fused-ring (bicyclic) bond motifs is 3. The molecule has 3 aliphatic rings. The highest BCUT2D eigenvalue weighted by molar-refractivity contribution is 6.25. The minimum absolute atomic E-state index is 0.209. The van der Waals surface area contributed by atoms with E-state index in [1.54, 1.807) is 7.05 Å². The first kappa shape index (κ1) is 12.8. The Morgan fingerprint density at radius 2 is 2.10 bits per heavy atom. The van der Waals surface area contributed by atoms with Gasteiger partial charge in [-0.3, -0.25) is 19.2 Å². The zero-order valence-electron chi connectivity index (χ0n) is 12.0. The highest BCUT2D eigenvalue weighted by Gasteiger charge is 2.56. The number of carbonyl (C=O) groups is 2. The molecule has 20 heavy (non-hydrogen) atoms. The normalized spacial score (nSPS) is 25.2. The van der Waals surface area contributed by atoms with Gasteiger partial charge in [-0.2, -0.15) is 0 Å². The number of imide groups is 1. The van der Waals surface area contributed by atoms with Crippen molar-refractivity contribution in [2.75, 3.05) is 33.7 Å². The van der Waals surface area contributed by atoms with Crippen molar-refractivity contribution in [1.29, 1.82) is 0 Å². The lowest BCUT2D eigenvalue weighted by molar-refractivity contribution is -0.510. The zero-order valence-corrected chi connectivity index (χ0v) is 12.0. The maximum Gasteiger partial charge on any atom is 0.392 e. The summed E-state index contributed by atoms with van der Waals surface area (Å²) in [6, 6.07) is -0.800. The van der Waals surface area contributed by atoms with E-state index in [0.717, 1.165) is 36.1 Å². The van der Waals surface area contributed by atoms with E-state index in [4.69, 9.17) is 0 Å². The highest BCUT2D eigenvalue weighted by atomic mass is 16.2. The number of guanidine groups is 1. The molecule has 1 saturated heterocycles. The number of nitrogens with zero attached hydrogens (tertiary/aromatic N) is 5. The van der Waals surface area contributed by atoms with E-state index >= 15 is 0 Å². The first-order valence-electron chi connectivity index (χ1n) is 6.58. The molecule has 0 bridgehead atoms. The molecule has 1 atom stereocenters. The van der Waals surface area contributed by atoms with Crippen molar-refractivity contribution in [3.63, 3.8) is 0 Å². The second-order valence-electron chi connectivity index (χ2n) is 5.48. The first-order chi connectivity index (χ1) is 9.41. The second-order valence-corrected chi connectivity index (χ2v) is 5.48. The van der Waals surface area contributed by atoms with Gasteiger partial charge in [0.2, 0.25) is 11.9 Å². The maximum atomic E-state index is 12.3. The number of likely N-dealkylation sites (N-methyl/N-ethyl adjacent to an activating group) is 2. The number of carbonyl (C=O) groups excluding carboxylic acids is 2. The van der Waals surface area contributed by atoms with Gasteiger partial charge < -0.3 is 0 Å². The van der Waals surface area contributed by atoms with E-state index in [1.807, 2.05) is 11.8 Å². The summed E-state index contributed by atoms with van der Waals surface area (Å²) in [6.07, 6.45) is 0. The molecule has 7 heteroatoms. The Hall–Kier alpha value is -2.18. The summed E-state index contributed by atoms with van der Waals surface area (Å²) in [6.45, 7) is 8.16. The van der Waals surface area contributed by atoms with Crippen molar-refractivity contribution < 1.29 is 14.2 Å². The highest BCUT2D eigenvalue weighted by Crippen LogP contribution is 2.24. The average molecular weight is 276 g/mol. The van der Waals surface area contributed by atoms with Gasteiger partial charge >= 0.3 is 12.0 Å². The van der Waals surface area contributed by atoms with Crippen molar-refractivity contribution in [3.8, 4) is 0 Å². The maximum absolute atomic E-state index is 12.3. The largest absolute Gasteiger partial charge is 0.392 e. The predicted molar refractivity (Wildman–Crippen MR) is 73.7 cm³/mol. The molecule has 0 aromatic carbocycles. The van der Waals surface area contributed by atoms with Crippen molar-refractivity contribution in [1.82, 2.24) is 14.7 Å². The van der Waals surface area contributed by atoms with Crippen LogP contribution in [0.5, 0.6) is 0 Å². The Labute approximate surface area is 117 Å². The number of hydrogen-bond acceptors (Lipinski definition) is 4. The lowest BCUT2D eigenvalue weighted by Crippen LogP contribution is -2.62. The molecule has 0 aromatic rings. The number of urea groups is 1. The summed E-state index contributed by atoms with van der Waals surface area (Å²) in [4.78, 5) is 33.4. The predicted octanol–water partition coefficient (Wildman–Crippen LogP) is -0.449. The van der Waals surface area contributed by atoms with Crippen LogP contribution in [-0.4, -0.2) is 82.8 Å². The molecule has 1 fully saturated rings. The van der Waals surface area contributed by atoms with Crippen molar-refractivity contribution >= 4 is 23.7 Å². The van der Waals surface area contributed by atoms with Crippen LogP contribution in [0.15, 0.2) is 17.1 Å². The van der Waals surface area contributed by atoms with Gasteiger partial charge in [0.25, 0.3) is 5.91 Å². The molecule has 3 rings (SSSR count). The average Bonchev–Trinajstić information content (AvgIpc) is 2.93. The summed E-state index contributed by atoms with van der Waals surface area (Å²) in [5.74, 6) is 1.09. The summed E-state index contributed by atoms with van der Waals surface area (Å²) in [5, 5.41) is 0. The molecule has 0 spiro atoms. The lowest BCUT2D eigenvalue weighted by Gasteiger charge is -2.32. The molecule has 106 valence electrons. The molecule has 0 aromatic heterocycles. The fourth-order valence-electron chi connectivity index (χ4n) is 2.87. The summed E-state index contributed by atoms with van der Waals surface area (Å²) in [7, 11) is 3.17. The van der Waals surface area contributed by atoms with Gasteiger partial charge in [0, 0.05) is 14.1 Å². The standard InChI is InChI=1S/C13H18N5O2/c1-8(2)7-17-5-6-18-9-10(14-12(17)18)15(3)13(20)16(4)11(9)19/h9H,1,5-7H2,2-4H3/q+1. The lowest BCUT2D eigenvalue weighted by atomic mass is 10.1. The Balaban J connectivity index is 2.03. The number of hydrogen-bond donors (Lipinski definition) is 0. The van der Waals surface area contributed by atoms with Gasteiger partial charge in [0.15, 0.2) is 0 Å². The third-order valence-electron chi connectivity index (χ3n) is 3.86. The minimum Gasteiger partial charge on any atom is -0.270 e. The molecule has 0 aliphatic carbocycles. The summed E-state index contributed by atoms with van der Waals surface area (Å²) in [5.41, 5.74) is 1.04. The van der Waals surface area contributed by atoms with Gasteiger partial charge in [-0.25, -0.2) is 9.69 Å². The second kappa shape index (κ2) is 4.16. The van der Waals surface area contributed by atoms with Crippen LogP contribution in [0.1, 0.15) is 6.92 Å². The van der Waals surface area contributed by atoms with E-state index in [1.165, 1.54) is 11.9 Å². The molecular weight excluding hydrogens is 258 g/mol. The Bertz CT molecular complexity index is 592. The Morgan fingerprint density at radius 1 is 1.40 bits per heavy atom. The smallest absolute Gasteiger partial charge is 0.270 e. The van der Waals surface area contributed by atoms with Crippen LogP contribution in [0.3, 0.4) is 0 Å². The molecule has 7 nitrogen and oxygen atoms in total. The van der Waals surface area contributed by atoms with Crippen LogP contribution in [0.2, 0.25) is 0 Å². The third-order valence-corrected chi connectivity index (χ3v) is 3.86. The number of amidine groups is 1. The molecule has 0 radical (unpaired) electrons. The van der Waals surface area contributed by atoms with E-state index < -0.39 is 6.04 Å². The first-order valence-corrected chi connectivity index (χ1v) is 6.58. The molecule has 3 amide bonds. The summed E-state index contributed by atoms with van der Waals surface area (Å²) < 4.78 is 2.10. The molecule has 0 saturated carbocycles. The van der Waals surface area contributed by atoms with Crippen LogP contribution < -0.4 is 0 Å². The molecule has 0 N–H and O–H groups in total. The number of aliphatic imine (C=N–C) groups is 1. The van der Waals surface area contributed by atoms with Crippen LogP contribution in [0, 0.1) is 0 Å². The van der Waals surface area contributed by atoms with Gasteiger partial charge in [0.1, 0.15) is 0 Å². The van der Waals surface area contributed by atoms with E-state index in [2.05, 4.69) is 16.1 Å². The Morgan fingerprint density at radius 3 is 2.75 bits per heavy atom. The molecule has 3 heterocycles. The monoisotopic (exact) mass is 276 g/mol. The van der Waals surface area contributed by atoms with Gasteiger partial charge in [-0.15, -0.1) is 0 Å². The molecule has 3 aliphatic heterocycles. The number of amides is 3. The van der Waals surface area contributed by atoms with Gasteiger partial charge in [-0.1, -0.05) is 11.6 Å². The van der Waals surface area contributed by atoms with Crippen molar-refractivity contribution in [2.24, 2.45) is 4.99 Å². The Kier molecular flexibility index (Phi) is 2.67. The van der Waals surface area contributed by atoms with Crippen molar-refractivity contribution in [3.05, 3.63) is 12.2 Å². The van der Waals surface area contributed by atoms with Crippen LogP contribution >= 0.6 is 0 Å². The zero-order chi connectivity index (χ0) is 14.6. The van der Waals surface area contributed by atoms with Gasteiger partial charge in [0.05, 0.1) is 19.6 Å². The van der Waals surface area contributed by atoms with Crippen LogP contribution in [0.25, 0.3) is 0 Å². The quantitative estimate of drug-likeness (QED) is 0.507. The van der Waals surface area contributed by atoms with Gasteiger partial charge in [-0.05, 0) is 12.5 Å². The minimum atomic E-state index is -0.465. The van der Waals surface area contributed by atoms with E-state index in [-0.39, 0.29) is 11.9 Å². The third kappa shape index (κ3) is 1.59. The molecule has 1 unspecified atom stereocenters. The SMILES string of the molecule is C=C(C)C[N+]1=C2N=C3C(C(=O)N(C)C(=O)N3C)N2CC1. The fraction of sp³-hybridized carbons (Fsp3) is 0.538.